The van der Waals surface area contributed by atoms with E-state index in [4.69, 9.17) is 5.84 Å². The van der Waals surface area contributed by atoms with Crippen LogP contribution in [-0.2, 0) is 16.2 Å². The molecule has 0 saturated heterocycles. The van der Waals surface area contributed by atoms with Crippen molar-refractivity contribution >= 4 is 12.0 Å². The SMILES string of the molecule is CC(=O)ON(N)C(=O)NCc1ccccc1. The highest BCUT2D eigenvalue weighted by Crippen LogP contribution is 1.97. The molecule has 86 valence electrons. The molecule has 0 spiro atoms. The fourth-order valence-electron chi connectivity index (χ4n) is 1.03. The van der Waals surface area contributed by atoms with Crippen LogP contribution in [0.2, 0.25) is 0 Å². The summed E-state index contributed by atoms with van der Waals surface area (Å²) in [7, 11) is 0. The minimum Gasteiger partial charge on any atom is -0.330 e. The summed E-state index contributed by atoms with van der Waals surface area (Å²) in [6, 6.07) is 8.61. The summed E-state index contributed by atoms with van der Waals surface area (Å²) in [5, 5.41) is 2.86. The Labute approximate surface area is 92.9 Å². The summed E-state index contributed by atoms with van der Waals surface area (Å²) in [4.78, 5) is 26.1. The number of urea groups is 1. The molecule has 16 heavy (non-hydrogen) atoms. The van der Waals surface area contributed by atoms with Crippen LogP contribution in [0.3, 0.4) is 0 Å². The number of benzene rings is 1. The van der Waals surface area contributed by atoms with Gasteiger partial charge in [0.2, 0.25) is 0 Å². The number of carbonyl (C=O) groups excluding carboxylic acids is 2. The molecule has 0 aliphatic heterocycles. The number of rotatable bonds is 2. The zero-order valence-corrected chi connectivity index (χ0v) is 8.84. The average molecular weight is 223 g/mol. The molecule has 1 aromatic carbocycles. The molecule has 6 heteroatoms. The molecule has 0 heterocycles. The zero-order chi connectivity index (χ0) is 12.0. The van der Waals surface area contributed by atoms with E-state index >= 15 is 0 Å². The number of hydrogen-bond donors (Lipinski definition) is 2. The number of hydrazine groups is 1. The van der Waals surface area contributed by atoms with Gasteiger partial charge in [0, 0.05) is 13.5 Å². The second kappa shape index (κ2) is 5.72. The Bertz CT molecular complexity index is 367. The summed E-state index contributed by atoms with van der Waals surface area (Å²) >= 11 is 0. The Morgan fingerprint density at radius 3 is 2.56 bits per heavy atom. The monoisotopic (exact) mass is 223 g/mol. The highest BCUT2D eigenvalue weighted by Gasteiger charge is 2.11. The molecule has 0 atom stereocenters. The number of nitrogens with one attached hydrogen (secondary N) is 1. The maximum atomic E-state index is 11.3. The Morgan fingerprint density at radius 2 is 2.00 bits per heavy atom. The fourth-order valence-corrected chi connectivity index (χ4v) is 1.03. The largest absolute Gasteiger partial charge is 0.366 e. The summed E-state index contributed by atoms with van der Waals surface area (Å²) in [6.07, 6.45) is 0. The molecule has 0 fully saturated rings. The Kier molecular flexibility index (Phi) is 4.28. The van der Waals surface area contributed by atoms with Gasteiger partial charge in [0.25, 0.3) is 0 Å². The van der Waals surface area contributed by atoms with Crippen molar-refractivity contribution in [2.75, 3.05) is 0 Å². The van der Waals surface area contributed by atoms with Crippen LogP contribution >= 0.6 is 0 Å². The molecule has 3 N–H and O–H groups in total. The topological polar surface area (TPSA) is 84.7 Å². The molecule has 0 unspecified atom stereocenters. The van der Waals surface area contributed by atoms with Crippen LogP contribution in [0.4, 0.5) is 4.79 Å². The smallest absolute Gasteiger partial charge is 0.330 e. The van der Waals surface area contributed by atoms with E-state index in [1.54, 1.807) is 0 Å². The highest BCUT2D eigenvalue weighted by molar-refractivity contribution is 5.75. The first kappa shape index (κ1) is 12.0. The molecule has 1 aromatic rings. The van der Waals surface area contributed by atoms with E-state index in [1.165, 1.54) is 0 Å². The molecular weight excluding hydrogens is 210 g/mol. The van der Waals surface area contributed by atoms with Crippen molar-refractivity contribution < 1.29 is 14.4 Å². The van der Waals surface area contributed by atoms with Crippen LogP contribution in [0.5, 0.6) is 0 Å². The van der Waals surface area contributed by atoms with E-state index in [0.717, 1.165) is 12.5 Å². The van der Waals surface area contributed by atoms with Crippen molar-refractivity contribution in [3.63, 3.8) is 0 Å². The van der Waals surface area contributed by atoms with Gasteiger partial charge in [-0.15, -0.1) is 0 Å². The number of hydroxylamine groups is 1. The van der Waals surface area contributed by atoms with Crippen molar-refractivity contribution in [2.45, 2.75) is 13.5 Å². The number of hydrogen-bond acceptors (Lipinski definition) is 4. The lowest BCUT2D eigenvalue weighted by Crippen LogP contribution is -2.45. The van der Waals surface area contributed by atoms with Gasteiger partial charge >= 0.3 is 12.0 Å². The van der Waals surface area contributed by atoms with E-state index < -0.39 is 12.0 Å². The van der Waals surface area contributed by atoms with Gasteiger partial charge in [-0.25, -0.2) is 15.4 Å². The summed E-state index contributed by atoms with van der Waals surface area (Å²) in [5.74, 6) is 4.51. The van der Waals surface area contributed by atoms with Crippen molar-refractivity contribution in [3.05, 3.63) is 35.9 Å². The zero-order valence-electron chi connectivity index (χ0n) is 8.84. The Balaban J connectivity index is 2.38. The van der Waals surface area contributed by atoms with Gasteiger partial charge in [0.05, 0.1) is 0 Å². The van der Waals surface area contributed by atoms with E-state index in [-0.39, 0.29) is 0 Å². The van der Waals surface area contributed by atoms with Crippen molar-refractivity contribution in [1.29, 1.82) is 0 Å². The molecule has 0 radical (unpaired) electrons. The predicted octanol–water partition coefficient (Wildman–Crippen LogP) is 0.550. The number of nitrogens with zero attached hydrogens (tertiary/aromatic N) is 1. The van der Waals surface area contributed by atoms with Gasteiger partial charge in [-0.2, -0.15) is 0 Å². The quantitative estimate of drug-likeness (QED) is 0.435. The first-order valence-electron chi connectivity index (χ1n) is 4.64. The van der Waals surface area contributed by atoms with Crippen LogP contribution in [0, 0.1) is 0 Å². The van der Waals surface area contributed by atoms with Gasteiger partial charge < -0.3 is 10.2 Å². The van der Waals surface area contributed by atoms with E-state index in [2.05, 4.69) is 10.2 Å². The third kappa shape index (κ3) is 3.97. The molecule has 0 saturated carbocycles. The van der Waals surface area contributed by atoms with E-state index in [0.29, 0.717) is 11.7 Å². The van der Waals surface area contributed by atoms with Crippen molar-refractivity contribution in [3.8, 4) is 0 Å². The summed E-state index contributed by atoms with van der Waals surface area (Å²) in [6.45, 7) is 1.47. The molecule has 2 amide bonds. The Hall–Kier alpha value is -2.08. The highest BCUT2D eigenvalue weighted by atomic mass is 16.7. The lowest BCUT2D eigenvalue weighted by Gasteiger charge is -2.14. The first-order valence-corrected chi connectivity index (χ1v) is 4.64. The van der Waals surface area contributed by atoms with E-state index in [9.17, 15) is 9.59 Å². The van der Waals surface area contributed by atoms with Gasteiger partial charge in [0.15, 0.2) is 0 Å². The van der Waals surface area contributed by atoms with Crippen LogP contribution in [-0.4, -0.2) is 17.2 Å². The lowest BCUT2D eigenvalue weighted by molar-refractivity contribution is -0.174. The van der Waals surface area contributed by atoms with Gasteiger partial charge in [-0.1, -0.05) is 35.5 Å². The van der Waals surface area contributed by atoms with E-state index in [1.807, 2.05) is 30.3 Å². The summed E-state index contributed by atoms with van der Waals surface area (Å²) < 4.78 is 0. The molecule has 0 aliphatic carbocycles. The van der Waals surface area contributed by atoms with Gasteiger partial charge in [-0.05, 0) is 5.56 Å². The Morgan fingerprint density at radius 1 is 1.38 bits per heavy atom. The number of nitrogens with two attached hydrogens (primary N) is 1. The normalized spacial score (nSPS) is 9.38. The van der Waals surface area contributed by atoms with Crippen LogP contribution in [0.1, 0.15) is 12.5 Å². The van der Waals surface area contributed by atoms with Crippen molar-refractivity contribution in [2.24, 2.45) is 5.84 Å². The first-order chi connectivity index (χ1) is 7.59. The minimum atomic E-state index is -0.681. The third-order valence-corrected chi connectivity index (χ3v) is 1.71. The van der Waals surface area contributed by atoms with Crippen LogP contribution in [0.25, 0.3) is 0 Å². The molecule has 6 nitrogen and oxygen atoms in total. The number of amides is 2. The molecule has 1 rings (SSSR count). The summed E-state index contributed by atoms with van der Waals surface area (Å²) in [5.41, 5.74) is 0.923. The second-order valence-corrected chi connectivity index (χ2v) is 3.05. The number of carbonyl (C=O) groups is 2. The van der Waals surface area contributed by atoms with Crippen LogP contribution in [0.15, 0.2) is 30.3 Å². The van der Waals surface area contributed by atoms with Crippen LogP contribution < -0.4 is 11.2 Å². The predicted molar refractivity (Wildman–Crippen MR) is 56.5 cm³/mol. The standard InChI is InChI=1S/C10H13N3O3/c1-8(14)16-13(11)10(15)12-7-9-5-3-2-4-6-9/h2-6H,7,11H2,1H3,(H,12,15). The lowest BCUT2D eigenvalue weighted by atomic mass is 10.2. The maximum Gasteiger partial charge on any atom is 0.366 e. The fraction of sp³-hybridized carbons (Fsp3) is 0.200. The third-order valence-electron chi connectivity index (χ3n) is 1.71. The second-order valence-electron chi connectivity index (χ2n) is 3.05. The average Bonchev–Trinajstić information content (AvgIpc) is 2.26. The van der Waals surface area contributed by atoms with Gasteiger partial charge in [0.1, 0.15) is 0 Å². The molecule has 0 aromatic heterocycles. The van der Waals surface area contributed by atoms with Crippen molar-refractivity contribution in [1.82, 2.24) is 10.5 Å². The maximum absolute atomic E-state index is 11.3. The minimum absolute atomic E-state index is 0.314. The molecule has 0 bridgehead atoms. The molecular formula is C10H13N3O3. The molecule has 0 aliphatic rings. The van der Waals surface area contributed by atoms with Gasteiger partial charge in [-0.3, -0.25) is 0 Å².